The predicted molar refractivity (Wildman–Crippen MR) is 73.4 cm³/mol. The molecule has 0 saturated heterocycles. The Labute approximate surface area is 111 Å². The second kappa shape index (κ2) is 6.53. The highest BCUT2D eigenvalue weighted by Crippen LogP contribution is 2.35. The fourth-order valence-electron chi connectivity index (χ4n) is 2.35. The number of hydrogen-bond donors (Lipinski definition) is 2. The van der Waals surface area contributed by atoms with Crippen molar-refractivity contribution in [2.75, 3.05) is 20.1 Å². The average Bonchev–Trinajstić information content (AvgIpc) is 2.31. The molecule has 4 heteroatoms. The molecule has 1 rings (SSSR count). The smallest absolute Gasteiger partial charge is 0.234 e. The Morgan fingerprint density at radius 1 is 1.50 bits per heavy atom. The predicted octanol–water partition coefficient (Wildman–Crippen LogP) is 1.38. The molecule has 0 aromatic heterocycles. The van der Waals surface area contributed by atoms with Crippen LogP contribution in [0.1, 0.15) is 46.5 Å². The van der Waals surface area contributed by atoms with Gasteiger partial charge < -0.3 is 10.4 Å². The van der Waals surface area contributed by atoms with E-state index < -0.39 is 0 Å². The maximum atomic E-state index is 11.8. The molecule has 1 aliphatic rings. The van der Waals surface area contributed by atoms with Crippen LogP contribution in [0.4, 0.5) is 0 Å². The van der Waals surface area contributed by atoms with E-state index in [9.17, 15) is 9.90 Å². The summed E-state index contributed by atoms with van der Waals surface area (Å²) in [4.78, 5) is 13.8. The van der Waals surface area contributed by atoms with Crippen LogP contribution in [0.2, 0.25) is 0 Å². The summed E-state index contributed by atoms with van der Waals surface area (Å²) < 4.78 is 0. The lowest BCUT2D eigenvalue weighted by Crippen LogP contribution is -2.47. The second-order valence-electron chi connectivity index (χ2n) is 6.20. The first-order valence-electron chi connectivity index (χ1n) is 7.00. The van der Waals surface area contributed by atoms with Crippen LogP contribution in [0.5, 0.6) is 0 Å². The minimum atomic E-state index is -0.283. The molecular weight excluding hydrogens is 228 g/mol. The van der Waals surface area contributed by atoms with Crippen LogP contribution in [0.25, 0.3) is 0 Å². The van der Waals surface area contributed by atoms with Gasteiger partial charge in [-0.3, -0.25) is 9.69 Å². The molecule has 0 aromatic rings. The van der Waals surface area contributed by atoms with Crippen LogP contribution in [0.15, 0.2) is 0 Å². The van der Waals surface area contributed by atoms with Gasteiger partial charge in [-0.1, -0.05) is 19.8 Å². The van der Waals surface area contributed by atoms with Crippen molar-refractivity contribution in [3.05, 3.63) is 0 Å². The zero-order valence-corrected chi connectivity index (χ0v) is 12.2. The van der Waals surface area contributed by atoms with Crippen molar-refractivity contribution in [3.63, 3.8) is 0 Å². The highest BCUT2D eigenvalue weighted by Gasteiger charge is 2.35. The topological polar surface area (TPSA) is 52.6 Å². The third kappa shape index (κ3) is 4.25. The van der Waals surface area contributed by atoms with Crippen molar-refractivity contribution in [1.82, 2.24) is 10.2 Å². The van der Waals surface area contributed by atoms with Crippen molar-refractivity contribution in [2.45, 2.75) is 58.6 Å². The Balaban J connectivity index is 2.37. The van der Waals surface area contributed by atoms with Gasteiger partial charge in [-0.25, -0.2) is 0 Å². The van der Waals surface area contributed by atoms with Gasteiger partial charge in [-0.2, -0.15) is 0 Å². The summed E-state index contributed by atoms with van der Waals surface area (Å²) in [5.74, 6) is 0.0465. The second-order valence-corrected chi connectivity index (χ2v) is 6.20. The number of hydrogen-bond acceptors (Lipinski definition) is 3. The molecule has 1 amide bonds. The molecule has 0 unspecified atom stereocenters. The SMILES string of the molecule is CC(C)N(C)CC(=O)NC[C@]1(C)CCCC[C@@H]1O. The largest absolute Gasteiger partial charge is 0.392 e. The van der Waals surface area contributed by atoms with Crippen molar-refractivity contribution in [1.29, 1.82) is 0 Å². The zero-order chi connectivity index (χ0) is 13.8. The van der Waals surface area contributed by atoms with Crippen LogP contribution in [-0.2, 0) is 4.79 Å². The molecule has 2 N–H and O–H groups in total. The lowest BCUT2D eigenvalue weighted by Gasteiger charge is -2.38. The van der Waals surface area contributed by atoms with E-state index in [0.717, 1.165) is 25.7 Å². The van der Waals surface area contributed by atoms with Crippen LogP contribution in [-0.4, -0.2) is 48.2 Å². The van der Waals surface area contributed by atoms with Crippen LogP contribution < -0.4 is 5.32 Å². The summed E-state index contributed by atoms with van der Waals surface area (Å²) in [5.41, 5.74) is -0.148. The first-order valence-corrected chi connectivity index (χ1v) is 7.00. The molecule has 1 saturated carbocycles. The number of carbonyl (C=O) groups excluding carboxylic acids is 1. The standard InChI is InChI=1S/C14H28N2O2/c1-11(2)16(4)9-13(18)15-10-14(3)8-6-5-7-12(14)17/h11-12,17H,5-10H2,1-4H3,(H,15,18)/t12-,14-/m0/s1. The Bertz CT molecular complexity index is 281. The molecule has 0 radical (unpaired) electrons. The third-order valence-electron chi connectivity index (χ3n) is 4.24. The molecule has 1 fully saturated rings. The first kappa shape index (κ1) is 15.4. The van der Waals surface area contributed by atoms with E-state index >= 15 is 0 Å². The minimum Gasteiger partial charge on any atom is -0.392 e. The highest BCUT2D eigenvalue weighted by atomic mass is 16.3. The Morgan fingerprint density at radius 3 is 2.72 bits per heavy atom. The minimum absolute atomic E-state index is 0.0465. The number of carbonyl (C=O) groups is 1. The van der Waals surface area contributed by atoms with Gasteiger partial charge in [0.05, 0.1) is 12.6 Å². The molecule has 18 heavy (non-hydrogen) atoms. The molecule has 0 aromatic carbocycles. The number of likely N-dealkylation sites (N-methyl/N-ethyl adjacent to an activating group) is 1. The van der Waals surface area contributed by atoms with E-state index in [-0.39, 0.29) is 17.4 Å². The number of amides is 1. The quantitative estimate of drug-likeness (QED) is 0.781. The lowest BCUT2D eigenvalue weighted by molar-refractivity contribution is -0.123. The molecule has 4 nitrogen and oxygen atoms in total. The zero-order valence-electron chi connectivity index (χ0n) is 12.2. The van der Waals surface area contributed by atoms with E-state index in [1.165, 1.54) is 0 Å². The number of nitrogens with zero attached hydrogens (tertiary/aromatic N) is 1. The van der Waals surface area contributed by atoms with Gasteiger partial charge in [0.1, 0.15) is 0 Å². The average molecular weight is 256 g/mol. The maximum absolute atomic E-state index is 11.8. The van der Waals surface area contributed by atoms with E-state index in [1.54, 1.807) is 0 Å². The first-order chi connectivity index (χ1) is 8.35. The summed E-state index contributed by atoms with van der Waals surface area (Å²) in [6.07, 6.45) is 3.82. The highest BCUT2D eigenvalue weighted by molar-refractivity contribution is 5.78. The number of nitrogens with one attached hydrogen (secondary N) is 1. The summed E-state index contributed by atoms with van der Waals surface area (Å²) in [6, 6.07) is 0.367. The Hall–Kier alpha value is -0.610. The monoisotopic (exact) mass is 256 g/mol. The molecule has 0 heterocycles. The van der Waals surface area contributed by atoms with Gasteiger partial charge >= 0.3 is 0 Å². The molecule has 0 bridgehead atoms. The fraction of sp³-hybridized carbons (Fsp3) is 0.929. The number of aliphatic hydroxyl groups excluding tert-OH is 1. The van der Waals surface area contributed by atoms with Gasteiger partial charge in [0.25, 0.3) is 0 Å². The molecule has 106 valence electrons. The van der Waals surface area contributed by atoms with Gasteiger partial charge in [0, 0.05) is 18.0 Å². The molecule has 0 spiro atoms. The van der Waals surface area contributed by atoms with Crippen molar-refractivity contribution in [2.24, 2.45) is 5.41 Å². The summed E-state index contributed by atoms with van der Waals surface area (Å²) in [7, 11) is 1.95. The van der Waals surface area contributed by atoms with E-state index in [4.69, 9.17) is 0 Å². The third-order valence-corrected chi connectivity index (χ3v) is 4.24. The summed E-state index contributed by atoms with van der Waals surface area (Å²) in [6.45, 7) is 7.21. The van der Waals surface area contributed by atoms with Crippen LogP contribution >= 0.6 is 0 Å². The van der Waals surface area contributed by atoms with Crippen molar-refractivity contribution < 1.29 is 9.90 Å². The van der Waals surface area contributed by atoms with Crippen LogP contribution in [0.3, 0.4) is 0 Å². The maximum Gasteiger partial charge on any atom is 0.234 e. The Morgan fingerprint density at radius 2 is 2.17 bits per heavy atom. The Kier molecular flexibility index (Phi) is 5.60. The van der Waals surface area contributed by atoms with E-state index in [1.807, 2.05) is 11.9 Å². The van der Waals surface area contributed by atoms with Crippen molar-refractivity contribution in [3.8, 4) is 0 Å². The van der Waals surface area contributed by atoms with E-state index in [2.05, 4.69) is 26.1 Å². The van der Waals surface area contributed by atoms with E-state index in [0.29, 0.717) is 19.1 Å². The van der Waals surface area contributed by atoms with Gasteiger partial charge in [0.2, 0.25) is 5.91 Å². The number of rotatable bonds is 5. The normalized spacial score (nSPS) is 28.7. The molecule has 1 aliphatic carbocycles. The molecule has 0 aliphatic heterocycles. The van der Waals surface area contributed by atoms with Crippen molar-refractivity contribution >= 4 is 5.91 Å². The van der Waals surface area contributed by atoms with Crippen LogP contribution in [0, 0.1) is 5.41 Å². The molecular formula is C14H28N2O2. The van der Waals surface area contributed by atoms with Gasteiger partial charge in [-0.15, -0.1) is 0 Å². The summed E-state index contributed by atoms with van der Waals surface area (Å²) in [5, 5.41) is 13.0. The lowest BCUT2D eigenvalue weighted by atomic mass is 9.73. The van der Waals surface area contributed by atoms with Gasteiger partial charge in [-0.05, 0) is 33.7 Å². The summed E-state index contributed by atoms with van der Waals surface area (Å²) >= 11 is 0. The number of aliphatic hydroxyl groups is 1. The van der Waals surface area contributed by atoms with Gasteiger partial charge in [0.15, 0.2) is 0 Å². The fourth-order valence-corrected chi connectivity index (χ4v) is 2.35. The molecule has 2 atom stereocenters.